The molecule has 6 rings (SSSR count). The summed E-state index contributed by atoms with van der Waals surface area (Å²) in [6.45, 7) is 10.3. The number of nitrogens with zero attached hydrogens (tertiary/aromatic N) is 2. The molecule has 0 fully saturated rings. The highest BCUT2D eigenvalue weighted by atomic mass is 32.1. The molecular weight excluding hydrogens is 625 g/mol. The van der Waals surface area contributed by atoms with Gasteiger partial charge in [0.15, 0.2) is 16.3 Å². The zero-order valence-electron chi connectivity index (χ0n) is 27.7. The number of rotatable bonds is 11. The fourth-order valence-electron chi connectivity index (χ4n) is 5.88. The molecule has 0 N–H and O–H groups in total. The lowest BCUT2D eigenvalue weighted by atomic mass is 9.95. The molecule has 1 aliphatic rings. The summed E-state index contributed by atoms with van der Waals surface area (Å²) in [7, 11) is 0. The highest BCUT2D eigenvalue weighted by Gasteiger charge is 2.35. The van der Waals surface area contributed by atoms with Crippen LogP contribution in [0.5, 0.6) is 17.2 Å². The Hall–Kier alpha value is -5.15. The van der Waals surface area contributed by atoms with Gasteiger partial charge in [0.2, 0.25) is 0 Å². The third-order valence-corrected chi connectivity index (χ3v) is 8.90. The lowest BCUT2D eigenvalue weighted by Gasteiger charge is -2.26. The molecule has 0 saturated heterocycles. The van der Waals surface area contributed by atoms with E-state index in [1.807, 2.05) is 87.5 Å². The van der Waals surface area contributed by atoms with Crippen LogP contribution in [0.15, 0.2) is 106 Å². The van der Waals surface area contributed by atoms with Gasteiger partial charge >= 0.3 is 5.97 Å². The van der Waals surface area contributed by atoms with Crippen LogP contribution in [0.3, 0.4) is 0 Å². The second-order valence-corrected chi connectivity index (χ2v) is 12.6. The minimum absolute atomic E-state index is 0.114. The zero-order chi connectivity index (χ0) is 33.8. The molecule has 48 heavy (non-hydrogen) atoms. The summed E-state index contributed by atoms with van der Waals surface area (Å²) >= 11 is 1.27. The van der Waals surface area contributed by atoms with E-state index in [0.717, 1.165) is 21.9 Å². The van der Waals surface area contributed by atoms with Crippen molar-refractivity contribution >= 4 is 34.2 Å². The van der Waals surface area contributed by atoms with E-state index in [1.54, 1.807) is 18.4 Å². The molecule has 0 radical (unpaired) electrons. The fraction of sp³-hybridized carbons (Fsp3) is 0.256. The number of aromatic nitrogens is 1. The van der Waals surface area contributed by atoms with Gasteiger partial charge in [-0.05, 0) is 80.8 Å². The van der Waals surface area contributed by atoms with E-state index < -0.39 is 12.0 Å². The number of ether oxygens (including phenoxy) is 4. The highest BCUT2D eigenvalue weighted by molar-refractivity contribution is 7.07. The third kappa shape index (κ3) is 6.64. The minimum atomic E-state index is -0.777. The Labute approximate surface area is 283 Å². The Balaban J connectivity index is 1.40. The van der Waals surface area contributed by atoms with E-state index in [0.29, 0.717) is 56.6 Å². The summed E-state index contributed by atoms with van der Waals surface area (Å²) < 4.78 is 25.9. The number of benzene rings is 4. The van der Waals surface area contributed by atoms with Crippen molar-refractivity contribution in [3.8, 4) is 17.2 Å². The van der Waals surface area contributed by atoms with E-state index in [2.05, 4.69) is 24.3 Å². The molecule has 246 valence electrons. The van der Waals surface area contributed by atoms with Gasteiger partial charge in [0.05, 0.1) is 35.1 Å². The lowest BCUT2D eigenvalue weighted by Crippen LogP contribution is -2.40. The van der Waals surface area contributed by atoms with Gasteiger partial charge in [-0.15, -0.1) is 0 Å². The number of thiazole rings is 1. The topological polar surface area (TPSA) is 88.4 Å². The van der Waals surface area contributed by atoms with Crippen molar-refractivity contribution in [3.63, 3.8) is 0 Å². The Morgan fingerprint density at radius 1 is 0.917 bits per heavy atom. The summed E-state index contributed by atoms with van der Waals surface area (Å²) in [5.74, 6) is 1.26. The molecule has 4 aromatic carbocycles. The minimum Gasteiger partial charge on any atom is -0.491 e. The number of fused-ring (bicyclic) bond motifs is 2. The monoisotopic (exact) mass is 662 g/mol. The molecule has 1 aromatic heterocycles. The Morgan fingerprint density at radius 2 is 1.69 bits per heavy atom. The number of allylic oxidation sites excluding steroid dienone is 1. The predicted octanol–water partition coefficient (Wildman–Crippen LogP) is 6.72. The predicted molar refractivity (Wildman–Crippen MR) is 188 cm³/mol. The van der Waals surface area contributed by atoms with E-state index in [-0.39, 0.29) is 18.3 Å². The van der Waals surface area contributed by atoms with Crippen LogP contribution in [-0.4, -0.2) is 29.9 Å². The second-order valence-electron chi connectivity index (χ2n) is 11.6. The average molecular weight is 663 g/mol. The van der Waals surface area contributed by atoms with Crippen LogP contribution in [0.1, 0.15) is 57.4 Å². The van der Waals surface area contributed by atoms with Gasteiger partial charge in [-0.1, -0.05) is 78.1 Å². The van der Waals surface area contributed by atoms with Crippen molar-refractivity contribution in [3.05, 3.63) is 133 Å². The normalized spacial score (nSPS) is 14.5. The first-order valence-corrected chi connectivity index (χ1v) is 16.9. The van der Waals surface area contributed by atoms with Crippen LogP contribution < -0.4 is 29.1 Å². The molecule has 0 bridgehead atoms. The van der Waals surface area contributed by atoms with Crippen molar-refractivity contribution in [1.29, 1.82) is 0 Å². The maximum atomic E-state index is 14.2. The quantitative estimate of drug-likeness (QED) is 0.146. The van der Waals surface area contributed by atoms with E-state index in [4.69, 9.17) is 23.9 Å². The molecule has 9 heteroatoms. The van der Waals surface area contributed by atoms with Crippen molar-refractivity contribution < 1.29 is 23.7 Å². The molecule has 0 amide bonds. The van der Waals surface area contributed by atoms with Crippen molar-refractivity contribution in [1.82, 2.24) is 4.57 Å². The second kappa shape index (κ2) is 14.3. The summed E-state index contributed by atoms with van der Waals surface area (Å²) in [5, 5.41) is 2.30. The van der Waals surface area contributed by atoms with E-state index in [9.17, 15) is 9.59 Å². The van der Waals surface area contributed by atoms with Gasteiger partial charge in [0.25, 0.3) is 5.56 Å². The lowest BCUT2D eigenvalue weighted by molar-refractivity contribution is -0.139. The molecule has 5 aromatic rings. The summed E-state index contributed by atoms with van der Waals surface area (Å²) in [5.41, 5.74) is 3.06. The molecule has 8 nitrogen and oxygen atoms in total. The number of carbonyl (C=O) groups is 1. The van der Waals surface area contributed by atoms with Crippen LogP contribution in [0.4, 0.5) is 0 Å². The van der Waals surface area contributed by atoms with Crippen LogP contribution in [0.25, 0.3) is 16.8 Å². The maximum Gasteiger partial charge on any atom is 0.338 e. The molecular formula is C39H38N2O6S. The van der Waals surface area contributed by atoms with Crippen molar-refractivity contribution in [2.24, 2.45) is 4.99 Å². The molecule has 0 saturated carbocycles. The van der Waals surface area contributed by atoms with Crippen LogP contribution in [0.2, 0.25) is 0 Å². The number of hydrogen-bond donors (Lipinski definition) is 0. The summed E-state index contributed by atoms with van der Waals surface area (Å²) in [6, 6.07) is 26.7. The largest absolute Gasteiger partial charge is 0.491 e. The summed E-state index contributed by atoms with van der Waals surface area (Å²) in [4.78, 5) is 32.8. The Bertz CT molecular complexity index is 2190. The van der Waals surface area contributed by atoms with Gasteiger partial charge in [0, 0.05) is 5.56 Å². The standard InChI is InChI=1S/C39H38N2O6S/c1-6-44-33-21-26(19-20-32(33)46-23-28-15-12-14-27-13-8-9-16-29(27)28)22-34-37(42)41-36(30-17-10-11-18-31(30)47-24(3)4)35(38(43)45-7-2)25(5)40-39(41)48-34/h8-22,24,36H,6-7,23H2,1-5H3/b34-22+/t36-/m0/s1. The van der Waals surface area contributed by atoms with Crippen LogP contribution in [-0.2, 0) is 16.1 Å². The first kappa shape index (κ1) is 32.8. The molecule has 1 aliphatic heterocycles. The van der Waals surface area contributed by atoms with Crippen LogP contribution >= 0.6 is 11.3 Å². The molecule has 0 spiro atoms. The van der Waals surface area contributed by atoms with E-state index >= 15 is 0 Å². The average Bonchev–Trinajstić information content (AvgIpc) is 3.37. The molecule has 1 atom stereocenters. The smallest absolute Gasteiger partial charge is 0.338 e. The van der Waals surface area contributed by atoms with Crippen LogP contribution in [0, 0.1) is 0 Å². The first-order chi connectivity index (χ1) is 23.3. The zero-order valence-corrected chi connectivity index (χ0v) is 28.5. The maximum absolute atomic E-state index is 14.2. The SMILES string of the molecule is CCOC(=O)C1=C(C)N=c2s/c(=C/c3ccc(OCc4cccc5ccccc45)c(OCC)c3)c(=O)n2[C@H]1c1ccccc1OC(C)C. The molecule has 0 unspecified atom stereocenters. The fourth-order valence-corrected chi connectivity index (χ4v) is 6.93. The number of para-hydroxylation sites is 1. The van der Waals surface area contributed by atoms with E-state index in [1.165, 1.54) is 11.3 Å². The number of hydrogen-bond acceptors (Lipinski definition) is 8. The van der Waals surface area contributed by atoms with Gasteiger partial charge in [-0.3, -0.25) is 9.36 Å². The number of esters is 1. The Kier molecular flexibility index (Phi) is 9.77. The first-order valence-electron chi connectivity index (χ1n) is 16.1. The molecule has 0 aliphatic carbocycles. The summed E-state index contributed by atoms with van der Waals surface area (Å²) in [6.07, 6.45) is 1.70. The van der Waals surface area contributed by atoms with Gasteiger partial charge in [-0.2, -0.15) is 0 Å². The van der Waals surface area contributed by atoms with Gasteiger partial charge in [0.1, 0.15) is 18.4 Å². The number of carbonyl (C=O) groups excluding carboxylic acids is 1. The molecule has 2 heterocycles. The van der Waals surface area contributed by atoms with Crippen molar-refractivity contribution in [2.45, 2.75) is 53.4 Å². The van der Waals surface area contributed by atoms with Crippen molar-refractivity contribution in [2.75, 3.05) is 13.2 Å². The Morgan fingerprint density at radius 3 is 2.48 bits per heavy atom. The van der Waals surface area contributed by atoms with Gasteiger partial charge < -0.3 is 18.9 Å². The highest BCUT2D eigenvalue weighted by Crippen LogP contribution is 2.36. The van der Waals surface area contributed by atoms with Gasteiger partial charge in [-0.25, -0.2) is 9.79 Å². The third-order valence-electron chi connectivity index (χ3n) is 7.92.